The number of rotatable bonds is 7. The predicted octanol–water partition coefficient (Wildman–Crippen LogP) is 4.19. The molecule has 0 spiro atoms. The Bertz CT molecular complexity index is 745. The lowest BCUT2D eigenvalue weighted by atomic mass is 10.1. The number of alkyl halides is 3. The number of nitrogens with one attached hydrogen (secondary N) is 1. The van der Waals surface area contributed by atoms with Gasteiger partial charge >= 0.3 is 6.18 Å². The summed E-state index contributed by atoms with van der Waals surface area (Å²) in [4.78, 5) is 25.7. The zero-order chi connectivity index (χ0) is 19.2. The second-order valence-corrected chi connectivity index (χ2v) is 6.41. The number of hydrogen-bond acceptors (Lipinski definition) is 3. The number of hydrogen-bond donors (Lipinski definition) is 1. The maximum atomic E-state index is 13.0. The van der Waals surface area contributed by atoms with Crippen molar-refractivity contribution in [1.82, 2.24) is 4.90 Å². The molecule has 0 aliphatic heterocycles. The molecule has 0 aliphatic rings. The number of para-hydroxylation sites is 1. The Balaban J connectivity index is 1.96. The smallest absolute Gasteiger partial charge is 0.334 e. The molecule has 140 valence electrons. The summed E-state index contributed by atoms with van der Waals surface area (Å²) in [6.07, 6.45) is -3.75. The number of carbonyl (C=O) groups excluding carboxylic acids is 2. The van der Waals surface area contributed by atoms with Gasteiger partial charge in [-0.3, -0.25) is 9.59 Å². The maximum absolute atomic E-state index is 13.0. The number of nitrogens with zero attached hydrogens (tertiary/aromatic N) is 1. The van der Waals surface area contributed by atoms with Gasteiger partial charge in [-0.25, -0.2) is 0 Å². The molecule has 0 bridgehead atoms. The number of carbonyl (C=O) groups is 2. The van der Waals surface area contributed by atoms with Gasteiger partial charge in [0.1, 0.15) is 0 Å². The highest BCUT2D eigenvalue weighted by Crippen LogP contribution is 2.34. The summed E-state index contributed by atoms with van der Waals surface area (Å²) >= 11 is 1.54. The molecule has 0 saturated heterocycles. The zero-order valence-corrected chi connectivity index (χ0v) is 15.0. The Hall–Kier alpha value is -2.35. The minimum atomic E-state index is -4.56. The van der Waals surface area contributed by atoms with Gasteiger partial charge in [0, 0.05) is 13.0 Å². The van der Waals surface area contributed by atoms with Crippen molar-refractivity contribution in [3.63, 3.8) is 0 Å². The van der Waals surface area contributed by atoms with Crippen molar-refractivity contribution in [1.29, 1.82) is 0 Å². The summed E-state index contributed by atoms with van der Waals surface area (Å²) in [7, 11) is 0. The molecule has 2 amide bonds. The molecule has 26 heavy (non-hydrogen) atoms. The number of anilines is 1. The third-order valence-corrected chi connectivity index (χ3v) is 4.52. The zero-order valence-electron chi connectivity index (χ0n) is 14.2. The van der Waals surface area contributed by atoms with Gasteiger partial charge in [0.25, 0.3) is 0 Å². The van der Waals surface area contributed by atoms with E-state index in [2.05, 4.69) is 5.32 Å². The highest BCUT2D eigenvalue weighted by atomic mass is 32.1. The fraction of sp³-hybridized carbons (Fsp3) is 0.333. The quantitative estimate of drug-likeness (QED) is 0.778. The Morgan fingerprint density at radius 2 is 1.92 bits per heavy atom. The van der Waals surface area contributed by atoms with E-state index in [1.807, 2.05) is 16.8 Å². The van der Waals surface area contributed by atoms with E-state index in [9.17, 15) is 22.8 Å². The molecule has 0 fully saturated rings. The van der Waals surface area contributed by atoms with Gasteiger partial charge in [0.15, 0.2) is 0 Å². The van der Waals surface area contributed by atoms with E-state index >= 15 is 0 Å². The van der Waals surface area contributed by atoms with Crippen LogP contribution in [0, 0.1) is 0 Å². The summed E-state index contributed by atoms with van der Waals surface area (Å²) in [5.41, 5.74) is -0.185. The van der Waals surface area contributed by atoms with Crippen LogP contribution in [0.3, 0.4) is 0 Å². The third-order valence-electron chi connectivity index (χ3n) is 3.78. The van der Waals surface area contributed by atoms with Crippen LogP contribution in [0.2, 0.25) is 0 Å². The Labute approximate surface area is 153 Å². The summed E-state index contributed by atoms with van der Waals surface area (Å²) in [5, 5.41) is 6.12. The summed E-state index contributed by atoms with van der Waals surface area (Å²) in [5.74, 6) is -0.870. The maximum Gasteiger partial charge on any atom is 0.418 e. The van der Waals surface area contributed by atoms with Crippen molar-refractivity contribution >= 4 is 28.8 Å². The monoisotopic (exact) mass is 384 g/mol. The van der Waals surface area contributed by atoms with E-state index in [0.717, 1.165) is 11.6 Å². The molecule has 1 aromatic carbocycles. The largest absolute Gasteiger partial charge is 0.418 e. The number of thiophene rings is 1. The Morgan fingerprint density at radius 1 is 1.19 bits per heavy atom. The van der Waals surface area contributed by atoms with Crippen molar-refractivity contribution in [2.24, 2.45) is 0 Å². The molecule has 8 heteroatoms. The molecule has 1 aromatic heterocycles. The van der Waals surface area contributed by atoms with Crippen LogP contribution >= 0.6 is 11.3 Å². The second kappa shape index (κ2) is 8.84. The third kappa shape index (κ3) is 5.59. The first-order valence-corrected chi connectivity index (χ1v) is 9.00. The lowest BCUT2D eigenvalue weighted by Gasteiger charge is -2.21. The average Bonchev–Trinajstić information content (AvgIpc) is 3.10. The number of benzene rings is 1. The summed E-state index contributed by atoms with van der Waals surface area (Å²) < 4.78 is 38.9. The van der Waals surface area contributed by atoms with Crippen LogP contribution in [0.4, 0.5) is 18.9 Å². The van der Waals surface area contributed by atoms with Crippen LogP contribution in [-0.4, -0.2) is 29.8 Å². The first-order chi connectivity index (χ1) is 12.3. The van der Waals surface area contributed by atoms with Crippen molar-refractivity contribution in [3.8, 4) is 0 Å². The Kier molecular flexibility index (Phi) is 6.79. The molecule has 4 nitrogen and oxygen atoms in total. The van der Waals surface area contributed by atoms with E-state index in [1.165, 1.54) is 34.4 Å². The van der Waals surface area contributed by atoms with Gasteiger partial charge in [-0.05, 0) is 47.9 Å². The molecule has 1 N–H and O–H groups in total. The van der Waals surface area contributed by atoms with E-state index < -0.39 is 17.6 Å². The normalized spacial score (nSPS) is 11.2. The first-order valence-electron chi connectivity index (χ1n) is 8.06. The van der Waals surface area contributed by atoms with Crippen LogP contribution in [0.25, 0.3) is 0 Å². The van der Waals surface area contributed by atoms with Gasteiger partial charge in [0.05, 0.1) is 17.8 Å². The van der Waals surface area contributed by atoms with E-state index in [0.29, 0.717) is 13.0 Å². The number of halogens is 3. The number of likely N-dealkylation sites (N-methyl/N-ethyl adjacent to an activating group) is 1. The van der Waals surface area contributed by atoms with Crippen LogP contribution in [0.15, 0.2) is 41.1 Å². The van der Waals surface area contributed by atoms with Gasteiger partial charge in [0.2, 0.25) is 11.8 Å². The topological polar surface area (TPSA) is 49.4 Å². The molecule has 0 radical (unpaired) electrons. The highest BCUT2D eigenvalue weighted by molar-refractivity contribution is 7.07. The van der Waals surface area contributed by atoms with Crippen molar-refractivity contribution in [2.75, 3.05) is 18.4 Å². The van der Waals surface area contributed by atoms with E-state index in [4.69, 9.17) is 0 Å². The summed E-state index contributed by atoms with van der Waals surface area (Å²) in [6.45, 7) is 1.74. The molecular weight excluding hydrogens is 365 g/mol. The highest BCUT2D eigenvalue weighted by Gasteiger charge is 2.33. The fourth-order valence-electron chi connectivity index (χ4n) is 2.42. The van der Waals surface area contributed by atoms with Crippen molar-refractivity contribution in [3.05, 3.63) is 52.2 Å². The molecule has 0 saturated carbocycles. The molecule has 0 unspecified atom stereocenters. The molecule has 1 heterocycles. The SMILES string of the molecule is CCN(CC(=O)Nc1ccccc1C(F)(F)F)C(=O)CCc1ccsc1. The fourth-order valence-corrected chi connectivity index (χ4v) is 3.13. The van der Waals surface area contributed by atoms with Crippen LogP contribution < -0.4 is 5.32 Å². The van der Waals surface area contributed by atoms with Crippen LogP contribution in [0.1, 0.15) is 24.5 Å². The average molecular weight is 384 g/mol. The lowest BCUT2D eigenvalue weighted by molar-refractivity contribution is -0.137. The molecular formula is C18H19F3N2O2S. The number of amides is 2. The van der Waals surface area contributed by atoms with Gasteiger partial charge < -0.3 is 10.2 Å². The molecule has 0 aliphatic carbocycles. The van der Waals surface area contributed by atoms with Crippen molar-refractivity contribution < 1.29 is 22.8 Å². The van der Waals surface area contributed by atoms with Gasteiger partial charge in [-0.15, -0.1) is 0 Å². The van der Waals surface area contributed by atoms with Crippen LogP contribution in [-0.2, 0) is 22.2 Å². The first kappa shape index (κ1) is 20.0. The molecule has 0 atom stereocenters. The standard InChI is InChI=1S/C18H19F3N2O2S/c1-2-23(17(25)8-7-13-9-10-26-12-13)11-16(24)22-15-6-4-3-5-14(15)18(19,20)21/h3-6,9-10,12H,2,7-8,11H2,1H3,(H,22,24). The van der Waals surface area contributed by atoms with E-state index in [1.54, 1.807) is 6.92 Å². The number of aryl methyl sites for hydroxylation is 1. The molecule has 2 rings (SSSR count). The Morgan fingerprint density at radius 3 is 2.54 bits per heavy atom. The lowest BCUT2D eigenvalue weighted by Crippen LogP contribution is -2.38. The van der Waals surface area contributed by atoms with Crippen LogP contribution in [0.5, 0.6) is 0 Å². The van der Waals surface area contributed by atoms with Gasteiger partial charge in [-0.2, -0.15) is 24.5 Å². The molecule has 2 aromatic rings. The van der Waals surface area contributed by atoms with Gasteiger partial charge in [-0.1, -0.05) is 12.1 Å². The minimum Gasteiger partial charge on any atom is -0.334 e. The van der Waals surface area contributed by atoms with E-state index in [-0.39, 0.29) is 24.6 Å². The summed E-state index contributed by atoms with van der Waals surface area (Å²) in [6, 6.07) is 6.68. The predicted molar refractivity (Wildman–Crippen MR) is 95.0 cm³/mol. The minimum absolute atomic E-state index is 0.210. The second-order valence-electron chi connectivity index (χ2n) is 5.63. The van der Waals surface area contributed by atoms with Crippen molar-refractivity contribution in [2.45, 2.75) is 25.9 Å².